The molecular formula is C18H29NO5. The van der Waals surface area contributed by atoms with Crippen LogP contribution in [0.5, 0.6) is 0 Å². The van der Waals surface area contributed by atoms with Crippen LogP contribution in [-0.4, -0.2) is 39.5 Å². The van der Waals surface area contributed by atoms with Crippen LogP contribution in [0.4, 0.5) is 0 Å². The number of carboxylic acids is 1. The van der Waals surface area contributed by atoms with Crippen LogP contribution in [0.15, 0.2) is 12.2 Å². The quantitative estimate of drug-likeness (QED) is 0.558. The molecule has 0 radical (unpaired) electrons. The van der Waals surface area contributed by atoms with Gasteiger partial charge in [0.15, 0.2) is 5.78 Å². The number of carboxylic acid groups (broad SMARTS) is 1. The highest BCUT2D eigenvalue weighted by molar-refractivity contribution is 5.91. The predicted molar refractivity (Wildman–Crippen MR) is 90.4 cm³/mol. The fraction of sp³-hybridized carbons (Fsp3) is 0.722. The number of aliphatic hydroxyl groups is 1. The summed E-state index contributed by atoms with van der Waals surface area (Å²) in [7, 11) is 0. The van der Waals surface area contributed by atoms with Gasteiger partial charge < -0.3 is 15.5 Å². The molecule has 0 spiro atoms. The van der Waals surface area contributed by atoms with Crippen molar-refractivity contribution in [3.63, 3.8) is 0 Å². The van der Waals surface area contributed by atoms with Crippen LogP contribution in [0.25, 0.3) is 0 Å². The summed E-state index contributed by atoms with van der Waals surface area (Å²) in [6.45, 7) is 5.59. The van der Waals surface area contributed by atoms with Crippen molar-refractivity contribution in [2.75, 3.05) is 0 Å². The van der Waals surface area contributed by atoms with E-state index < -0.39 is 29.4 Å². The van der Waals surface area contributed by atoms with Crippen LogP contribution in [0.3, 0.4) is 0 Å². The second kappa shape index (κ2) is 8.97. The number of aliphatic carboxylic acids is 1. The topological polar surface area (TPSA) is 104 Å². The lowest BCUT2D eigenvalue weighted by atomic mass is 9.84. The molecule has 0 saturated heterocycles. The van der Waals surface area contributed by atoms with Gasteiger partial charge in [0.25, 0.3) is 0 Å². The molecule has 136 valence electrons. The molecule has 0 heterocycles. The highest BCUT2D eigenvalue weighted by Gasteiger charge is 2.48. The molecule has 1 fully saturated rings. The fourth-order valence-electron chi connectivity index (χ4n) is 3.11. The van der Waals surface area contributed by atoms with Crippen LogP contribution >= 0.6 is 0 Å². The number of carbonyl (C=O) groups is 3. The molecular weight excluding hydrogens is 310 g/mol. The summed E-state index contributed by atoms with van der Waals surface area (Å²) >= 11 is 0. The minimum atomic E-state index is -1.52. The second-order valence-electron chi connectivity index (χ2n) is 6.64. The van der Waals surface area contributed by atoms with Crippen molar-refractivity contribution >= 4 is 17.7 Å². The van der Waals surface area contributed by atoms with E-state index in [2.05, 4.69) is 5.32 Å². The van der Waals surface area contributed by atoms with Crippen molar-refractivity contribution in [1.82, 2.24) is 5.32 Å². The summed E-state index contributed by atoms with van der Waals surface area (Å²) in [4.78, 5) is 35.6. The Morgan fingerprint density at radius 1 is 1.38 bits per heavy atom. The first-order valence-corrected chi connectivity index (χ1v) is 8.69. The van der Waals surface area contributed by atoms with Gasteiger partial charge in [-0.1, -0.05) is 39.3 Å². The van der Waals surface area contributed by atoms with Crippen molar-refractivity contribution in [2.45, 2.75) is 70.9 Å². The third-order valence-corrected chi connectivity index (χ3v) is 4.94. The predicted octanol–water partition coefficient (Wildman–Crippen LogP) is 2.06. The van der Waals surface area contributed by atoms with Gasteiger partial charge in [-0.15, -0.1) is 0 Å². The second-order valence-corrected chi connectivity index (χ2v) is 6.64. The minimum absolute atomic E-state index is 0.0393. The van der Waals surface area contributed by atoms with E-state index >= 15 is 0 Å². The van der Waals surface area contributed by atoms with Gasteiger partial charge in [-0.3, -0.25) is 9.59 Å². The Labute approximate surface area is 143 Å². The molecule has 1 amide bonds. The van der Waals surface area contributed by atoms with Crippen LogP contribution in [0.1, 0.15) is 59.3 Å². The van der Waals surface area contributed by atoms with Gasteiger partial charge >= 0.3 is 5.97 Å². The van der Waals surface area contributed by atoms with Gasteiger partial charge in [0.05, 0.1) is 0 Å². The zero-order valence-corrected chi connectivity index (χ0v) is 14.7. The normalized spacial score (nSPS) is 26.5. The van der Waals surface area contributed by atoms with E-state index in [1.165, 1.54) is 0 Å². The molecule has 24 heavy (non-hydrogen) atoms. The number of rotatable bonds is 9. The van der Waals surface area contributed by atoms with Crippen LogP contribution in [-0.2, 0) is 14.4 Å². The third kappa shape index (κ3) is 4.90. The molecule has 0 bridgehead atoms. The number of amides is 1. The summed E-state index contributed by atoms with van der Waals surface area (Å²) in [6, 6.07) is -0.951. The van der Waals surface area contributed by atoms with Crippen molar-refractivity contribution < 1.29 is 24.6 Å². The summed E-state index contributed by atoms with van der Waals surface area (Å²) in [5, 5.41) is 22.5. The van der Waals surface area contributed by atoms with E-state index in [4.69, 9.17) is 0 Å². The molecule has 6 nitrogen and oxygen atoms in total. The molecule has 0 aromatic rings. The van der Waals surface area contributed by atoms with Gasteiger partial charge in [0.2, 0.25) is 5.91 Å². The first kappa shape index (κ1) is 20.4. The fourth-order valence-corrected chi connectivity index (χ4v) is 3.11. The smallest absolute Gasteiger partial charge is 0.326 e. The standard InChI is InChI=1S/C18H29NO5/c1-4-6-7-10-18(24)13(8-9-14(18)20)11-15(21)19-16(17(22)23)12(3)5-2/h6-7,12-13,16,24H,4-5,8-11H2,1-3H3,(H,19,21)(H,22,23)/b7-6-/t12-,13-,16-,18+/m0/s1. The van der Waals surface area contributed by atoms with E-state index in [0.29, 0.717) is 12.8 Å². The number of hydrogen-bond donors (Lipinski definition) is 3. The molecule has 1 saturated carbocycles. The third-order valence-electron chi connectivity index (χ3n) is 4.94. The van der Waals surface area contributed by atoms with Crippen molar-refractivity contribution in [3.05, 3.63) is 12.2 Å². The van der Waals surface area contributed by atoms with Crippen LogP contribution < -0.4 is 5.32 Å². The maximum atomic E-state index is 12.2. The summed E-state index contributed by atoms with van der Waals surface area (Å²) < 4.78 is 0. The van der Waals surface area contributed by atoms with Gasteiger partial charge in [0.1, 0.15) is 11.6 Å². The molecule has 0 aromatic carbocycles. The Kier molecular flexibility index (Phi) is 7.60. The lowest BCUT2D eigenvalue weighted by Crippen LogP contribution is -2.47. The molecule has 6 heteroatoms. The molecule has 0 aliphatic heterocycles. The first-order valence-electron chi connectivity index (χ1n) is 8.69. The van der Waals surface area contributed by atoms with Gasteiger partial charge in [0, 0.05) is 25.2 Å². The summed E-state index contributed by atoms with van der Waals surface area (Å²) in [5.41, 5.74) is -1.52. The van der Waals surface area contributed by atoms with E-state index in [9.17, 15) is 24.6 Å². The number of ketones is 1. The van der Waals surface area contributed by atoms with Crippen molar-refractivity contribution in [1.29, 1.82) is 0 Å². The number of nitrogens with one attached hydrogen (secondary N) is 1. The Hall–Kier alpha value is -1.69. The van der Waals surface area contributed by atoms with Gasteiger partial charge in [-0.25, -0.2) is 4.79 Å². The zero-order chi connectivity index (χ0) is 18.3. The number of carbonyl (C=O) groups excluding carboxylic acids is 2. The van der Waals surface area contributed by atoms with E-state index in [-0.39, 0.29) is 31.0 Å². The van der Waals surface area contributed by atoms with Gasteiger partial charge in [-0.05, 0) is 18.8 Å². The average Bonchev–Trinajstić information content (AvgIpc) is 2.80. The molecule has 0 aromatic heterocycles. The Morgan fingerprint density at radius 2 is 2.04 bits per heavy atom. The number of Topliss-reactive ketones (excluding diaryl/α,β-unsaturated/α-hetero) is 1. The van der Waals surface area contributed by atoms with Crippen LogP contribution in [0.2, 0.25) is 0 Å². The molecule has 4 atom stereocenters. The minimum Gasteiger partial charge on any atom is -0.480 e. The summed E-state index contributed by atoms with van der Waals surface area (Å²) in [6.07, 6.45) is 5.95. The molecule has 1 aliphatic carbocycles. The molecule has 3 N–H and O–H groups in total. The largest absolute Gasteiger partial charge is 0.480 e. The van der Waals surface area contributed by atoms with Gasteiger partial charge in [-0.2, -0.15) is 0 Å². The van der Waals surface area contributed by atoms with Crippen LogP contribution in [0, 0.1) is 11.8 Å². The van der Waals surface area contributed by atoms with E-state index in [1.54, 1.807) is 13.0 Å². The maximum Gasteiger partial charge on any atom is 0.326 e. The Balaban J connectivity index is 2.75. The average molecular weight is 339 g/mol. The monoisotopic (exact) mass is 339 g/mol. The van der Waals surface area contributed by atoms with E-state index in [0.717, 1.165) is 6.42 Å². The highest BCUT2D eigenvalue weighted by atomic mass is 16.4. The Morgan fingerprint density at radius 3 is 2.58 bits per heavy atom. The molecule has 1 rings (SSSR count). The zero-order valence-electron chi connectivity index (χ0n) is 14.7. The number of hydrogen-bond acceptors (Lipinski definition) is 4. The number of allylic oxidation sites excluding steroid dienone is 1. The first-order chi connectivity index (χ1) is 11.3. The lowest BCUT2D eigenvalue weighted by molar-refractivity contribution is -0.144. The Bertz CT molecular complexity index is 502. The van der Waals surface area contributed by atoms with E-state index in [1.807, 2.05) is 19.9 Å². The maximum absolute atomic E-state index is 12.2. The molecule has 0 unspecified atom stereocenters. The summed E-state index contributed by atoms with van der Waals surface area (Å²) in [5.74, 6) is -2.40. The highest BCUT2D eigenvalue weighted by Crippen LogP contribution is 2.38. The lowest BCUT2D eigenvalue weighted by Gasteiger charge is -2.28. The van der Waals surface area contributed by atoms with Crippen molar-refractivity contribution in [2.24, 2.45) is 11.8 Å². The van der Waals surface area contributed by atoms with Crippen molar-refractivity contribution in [3.8, 4) is 0 Å². The molecule has 1 aliphatic rings. The SMILES string of the molecule is CC/C=C\C[C@]1(O)C(=O)CC[C@H]1CC(=O)N[C@H](C(=O)O)[C@@H](C)CC.